The van der Waals surface area contributed by atoms with Crippen LogP contribution in [0.15, 0.2) is 53.4 Å². The van der Waals surface area contributed by atoms with Crippen LogP contribution in [0.5, 0.6) is 5.75 Å². The molecule has 3 rings (SSSR count). The Hall–Kier alpha value is -2.46. The van der Waals surface area contributed by atoms with Crippen LogP contribution in [0.1, 0.15) is 30.9 Å². The van der Waals surface area contributed by atoms with Crippen LogP contribution in [0, 0.1) is 0 Å². The van der Waals surface area contributed by atoms with E-state index < -0.39 is 0 Å². The lowest BCUT2D eigenvalue weighted by atomic mass is 10.00. The molecule has 3 nitrogen and oxygen atoms in total. The Balaban J connectivity index is 1.90. The van der Waals surface area contributed by atoms with Gasteiger partial charge in [0.15, 0.2) is 0 Å². The molecule has 1 N–H and O–H groups in total. The van der Waals surface area contributed by atoms with E-state index in [1.54, 1.807) is 22.7 Å². The van der Waals surface area contributed by atoms with Crippen molar-refractivity contribution in [2.45, 2.75) is 19.8 Å². The second kappa shape index (κ2) is 8.96. The highest BCUT2D eigenvalue weighted by Crippen LogP contribution is 2.30. The summed E-state index contributed by atoms with van der Waals surface area (Å²) in [5.41, 5.74) is 3.94. The van der Waals surface area contributed by atoms with Crippen molar-refractivity contribution in [3.63, 3.8) is 0 Å². The van der Waals surface area contributed by atoms with Crippen molar-refractivity contribution >= 4 is 29.8 Å². The minimum absolute atomic E-state index is 0.0876. The number of rotatable bonds is 5. The molecule has 0 aromatic heterocycles. The van der Waals surface area contributed by atoms with E-state index in [1.807, 2.05) is 43.5 Å². The summed E-state index contributed by atoms with van der Waals surface area (Å²) in [6, 6.07) is 13.8. The van der Waals surface area contributed by atoms with Gasteiger partial charge in [-0.25, -0.2) is 0 Å². The zero-order valence-corrected chi connectivity index (χ0v) is 16.6. The van der Waals surface area contributed by atoms with Crippen molar-refractivity contribution in [2.24, 2.45) is 0 Å². The molecule has 0 atom stereocenters. The van der Waals surface area contributed by atoms with E-state index in [0.717, 1.165) is 52.3 Å². The number of hydrogen-bond acceptors (Lipinski definition) is 3. The highest BCUT2D eigenvalue weighted by Gasteiger charge is 2.20. The van der Waals surface area contributed by atoms with Crippen LogP contribution in [0.3, 0.4) is 0 Å². The van der Waals surface area contributed by atoms with Gasteiger partial charge in [-0.3, -0.25) is 4.79 Å². The zero-order valence-electron chi connectivity index (χ0n) is 15.8. The van der Waals surface area contributed by atoms with Crippen LogP contribution in [-0.2, 0) is 4.79 Å². The molecule has 1 aliphatic rings. The minimum Gasteiger partial charge on any atom is -0.507 e. The fraction of sp³-hybridized carbons (Fsp3) is 0.261. The standard InChI is InChI=1S/C23H25NO2S/c1-3-4-5-8-20-16-19(10-11-21(20)25)18-9-6-7-17(14-18)15-22-23(26)24(2)12-13-27-22/h5-11,14-16,25H,3-4,12-13H2,1-2H3/b8-5+,22-15-. The summed E-state index contributed by atoms with van der Waals surface area (Å²) in [5.74, 6) is 1.31. The first kappa shape index (κ1) is 19.3. The average Bonchev–Trinajstić information content (AvgIpc) is 2.67. The second-order valence-corrected chi connectivity index (χ2v) is 7.81. The van der Waals surface area contributed by atoms with E-state index in [1.165, 1.54) is 0 Å². The summed E-state index contributed by atoms with van der Waals surface area (Å²) >= 11 is 1.61. The van der Waals surface area contributed by atoms with Crippen LogP contribution in [0.2, 0.25) is 0 Å². The Morgan fingerprint density at radius 1 is 1.19 bits per heavy atom. The lowest BCUT2D eigenvalue weighted by Crippen LogP contribution is -2.33. The first-order chi connectivity index (χ1) is 13.1. The maximum atomic E-state index is 12.3. The predicted octanol–water partition coefficient (Wildman–Crippen LogP) is 5.42. The van der Waals surface area contributed by atoms with Gasteiger partial charge in [0, 0.05) is 24.9 Å². The van der Waals surface area contributed by atoms with Gasteiger partial charge in [-0.15, -0.1) is 11.8 Å². The number of carbonyl (C=O) groups is 1. The number of aromatic hydroxyl groups is 1. The van der Waals surface area contributed by atoms with Crippen LogP contribution >= 0.6 is 11.8 Å². The molecule has 140 valence electrons. The third-order valence-electron chi connectivity index (χ3n) is 4.54. The predicted molar refractivity (Wildman–Crippen MR) is 116 cm³/mol. The minimum atomic E-state index is 0.0876. The molecule has 0 saturated carbocycles. The summed E-state index contributed by atoms with van der Waals surface area (Å²) in [4.78, 5) is 14.8. The molecule has 1 fully saturated rings. The number of carbonyl (C=O) groups excluding carboxylic acids is 1. The van der Waals surface area contributed by atoms with Crippen molar-refractivity contribution in [3.05, 3.63) is 64.6 Å². The maximum absolute atomic E-state index is 12.3. The van der Waals surface area contributed by atoms with Gasteiger partial charge in [-0.2, -0.15) is 0 Å². The molecule has 1 aliphatic heterocycles. The van der Waals surface area contributed by atoms with E-state index in [4.69, 9.17) is 0 Å². The molecule has 0 unspecified atom stereocenters. The lowest BCUT2D eigenvalue weighted by Gasteiger charge is -2.23. The number of phenols is 1. The van der Waals surface area contributed by atoms with Gasteiger partial charge in [-0.05, 0) is 47.4 Å². The van der Waals surface area contributed by atoms with Gasteiger partial charge in [-0.1, -0.05) is 49.8 Å². The topological polar surface area (TPSA) is 40.5 Å². The molecule has 27 heavy (non-hydrogen) atoms. The Morgan fingerprint density at radius 2 is 2.00 bits per heavy atom. The molecular formula is C23H25NO2S. The molecule has 0 bridgehead atoms. The van der Waals surface area contributed by atoms with Gasteiger partial charge < -0.3 is 10.0 Å². The molecular weight excluding hydrogens is 354 g/mol. The first-order valence-corrected chi connectivity index (χ1v) is 10.3. The number of phenolic OH excluding ortho intramolecular Hbond substituents is 1. The first-order valence-electron chi connectivity index (χ1n) is 9.28. The van der Waals surface area contributed by atoms with E-state index in [-0.39, 0.29) is 11.7 Å². The lowest BCUT2D eigenvalue weighted by molar-refractivity contribution is -0.125. The van der Waals surface area contributed by atoms with Gasteiger partial charge in [0.2, 0.25) is 0 Å². The summed E-state index contributed by atoms with van der Waals surface area (Å²) in [6.07, 6.45) is 8.10. The van der Waals surface area contributed by atoms with Gasteiger partial charge in [0.05, 0.1) is 4.91 Å². The fourth-order valence-corrected chi connectivity index (χ4v) is 4.04. The fourth-order valence-electron chi connectivity index (χ4n) is 2.95. The molecule has 2 aromatic carbocycles. The molecule has 0 radical (unpaired) electrons. The van der Waals surface area contributed by atoms with Crippen molar-refractivity contribution < 1.29 is 9.90 Å². The number of hydrogen-bond donors (Lipinski definition) is 1. The number of unbranched alkanes of at least 4 members (excludes halogenated alkanes) is 1. The summed E-state index contributed by atoms with van der Waals surface area (Å²) in [6.45, 7) is 2.93. The smallest absolute Gasteiger partial charge is 0.260 e. The largest absolute Gasteiger partial charge is 0.507 e. The number of thioether (sulfide) groups is 1. The molecule has 1 saturated heterocycles. The molecule has 0 spiro atoms. The molecule has 1 amide bonds. The number of allylic oxidation sites excluding steroid dienone is 1. The molecule has 4 heteroatoms. The Bertz CT molecular complexity index is 886. The SMILES string of the molecule is CCC/C=C/c1cc(-c2cccc(/C=C3\SCCN(C)C3=O)c2)ccc1O. The van der Waals surface area contributed by atoms with Crippen LogP contribution in [-0.4, -0.2) is 35.3 Å². The van der Waals surface area contributed by atoms with Crippen LogP contribution < -0.4 is 0 Å². The summed E-state index contributed by atoms with van der Waals surface area (Å²) < 4.78 is 0. The Kier molecular flexibility index (Phi) is 6.40. The highest BCUT2D eigenvalue weighted by molar-refractivity contribution is 8.04. The van der Waals surface area contributed by atoms with E-state index in [2.05, 4.69) is 25.1 Å². The monoisotopic (exact) mass is 379 g/mol. The Labute approximate surface area is 165 Å². The third-order valence-corrected chi connectivity index (χ3v) is 5.53. The maximum Gasteiger partial charge on any atom is 0.260 e. The zero-order chi connectivity index (χ0) is 19.2. The normalized spacial score (nSPS) is 16.4. The summed E-state index contributed by atoms with van der Waals surface area (Å²) in [7, 11) is 1.84. The van der Waals surface area contributed by atoms with Gasteiger partial charge in [0.25, 0.3) is 5.91 Å². The molecule has 0 aliphatic carbocycles. The molecule has 2 aromatic rings. The van der Waals surface area contributed by atoms with Gasteiger partial charge in [0.1, 0.15) is 5.75 Å². The highest BCUT2D eigenvalue weighted by atomic mass is 32.2. The number of nitrogens with zero attached hydrogens (tertiary/aromatic N) is 1. The van der Waals surface area contributed by atoms with E-state index in [0.29, 0.717) is 0 Å². The van der Waals surface area contributed by atoms with Crippen molar-refractivity contribution in [2.75, 3.05) is 19.3 Å². The quantitative estimate of drug-likeness (QED) is 0.705. The summed E-state index contributed by atoms with van der Waals surface area (Å²) in [5, 5.41) is 10.1. The number of likely N-dealkylation sites (N-methyl/N-ethyl adjacent to an activating group) is 1. The Morgan fingerprint density at radius 3 is 2.81 bits per heavy atom. The third kappa shape index (κ3) is 4.83. The number of benzene rings is 2. The number of amides is 1. The van der Waals surface area contributed by atoms with Gasteiger partial charge >= 0.3 is 0 Å². The molecule has 1 heterocycles. The van der Waals surface area contributed by atoms with Crippen LogP contribution in [0.4, 0.5) is 0 Å². The van der Waals surface area contributed by atoms with Crippen molar-refractivity contribution in [3.8, 4) is 16.9 Å². The second-order valence-electron chi connectivity index (χ2n) is 6.67. The van der Waals surface area contributed by atoms with E-state index in [9.17, 15) is 9.90 Å². The van der Waals surface area contributed by atoms with Crippen LogP contribution in [0.25, 0.3) is 23.3 Å². The van der Waals surface area contributed by atoms with E-state index >= 15 is 0 Å². The van der Waals surface area contributed by atoms with Crippen molar-refractivity contribution in [1.29, 1.82) is 0 Å². The van der Waals surface area contributed by atoms with Crippen molar-refractivity contribution in [1.82, 2.24) is 4.90 Å². The average molecular weight is 380 g/mol.